The molecule has 1 aromatic rings. The molecule has 1 atom stereocenters. The fraction of sp³-hybridized carbons (Fsp3) is 0.692. The van der Waals surface area contributed by atoms with Crippen LogP contribution in [0.4, 0.5) is 0 Å². The standard InChI is InChI=1S/C13H21N3O/c1-4-11-10(9-16(3)15-11)8-13(5-2)7-6-12(17)14-13/h9H,4-8H2,1-3H3,(H,14,17). The highest BCUT2D eigenvalue weighted by atomic mass is 16.2. The lowest BCUT2D eigenvalue weighted by molar-refractivity contribution is -0.119. The van der Waals surface area contributed by atoms with Crippen molar-refractivity contribution in [1.29, 1.82) is 0 Å². The molecule has 0 radical (unpaired) electrons. The van der Waals surface area contributed by atoms with Gasteiger partial charge in [-0.2, -0.15) is 5.10 Å². The van der Waals surface area contributed by atoms with Crippen LogP contribution in [0, 0.1) is 0 Å². The van der Waals surface area contributed by atoms with Gasteiger partial charge in [0.2, 0.25) is 5.91 Å². The van der Waals surface area contributed by atoms with Gasteiger partial charge in [0.25, 0.3) is 0 Å². The predicted molar refractivity (Wildman–Crippen MR) is 66.7 cm³/mol. The van der Waals surface area contributed by atoms with Crippen LogP contribution in [-0.2, 0) is 24.7 Å². The van der Waals surface area contributed by atoms with E-state index in [0.717, 1.165) is 31.4 Å². The van der Waals surface area contributed by atoms with Crippen molar-refractivity contribution in [3.63, 3.8) is 0 Å². The van der Waals surface area contributed by atoms with Gasteiger partial charge < -0.3 is 5.32 Å². The van der Waals surface area contributed by atoms with E-state index >= 15 is 0 Å². The lowest BCUT2D eigenvalue weighted by atomic mass is 9.87. The molecule has 2 heterocycles. The summed E-state index contributed by atoms with van der Waals surface area (Å²) in [6.45, 7) is 4.27. The van der Waals surface area contributed by atoms with Crippen LogP contribution in [-0.4, -0.2) is 21.2 Å². The molecule has 0 aromatic carbocycles. The van der Waals surface area contributed by atoms with Gasteiger partial charge in [0.1, 0.15) is 0 Å². The van der Waals surface area contributed by atoms with E-state index in [0.29, 0.717) is 6.42 Å². The number of hydrogen-bond acceptors (Lipinski definition) is 2. The van der Waals surface area contributed by atoms with Crippen LogP contribution in [0.2, 0.25) is 0 Å². The second-order valence-electron chi connectivity index (χ2n) is 4.99. The summed E-state index contributed by atoms with van der Waals surface area (Å²) in [5, 5.41) is 7.61. The van der Waals surface area contributed by atoms with Crippen LogP contribution in [0.15, 0.2) is 6.20 Å². The molecular weight excluding hydrogens is 214 g/mol. The van der Waals surface area contributed by atoms with Gasteiger partial charge in [-0.3, -0.25) is 9.48 Å². The first kappa shape index (κ1) is 12.1. The zero-order valence-electron chi connectivity index (χ0n) is 10.9. The van der Waals surface area contributed by atoms with Crippen molar-refractivity contribution < 1.29 is 4.79 Å². The number of carbonyl (C=O) groups is 1. The quantitative estimate of drug-likeness (QED) is 0.861. The zero-order valence-corrected chi connectivity index (χ0v) is 10.9. The number of carbonyl (C=O) groups excluding carboxylic acids is 1. The van der Waals surface area contributed by atoms with Gasteiger partial charge in [0.15, 0.2) is 0 Å². The van der Waals surface area contributed by atoms with Gasteiger partial charge in [0, 0.05) is 25.2 Å². The van der Waals surface area contributed by atoms with Crippen molar-refractivity contribution in [3.05, 3.63) is 17.5 Å². The van der Waals surface area contributed by atoms with Crippen molar-refractivity contribution in [1.82, 2.24) is 15.1 Å². The van der Waals surface area contributed by atoms with E-state index in [1.807, 2.05) is 11.7 Å². The Morgan fingerprint density at radius 2 is 2.29 bits per heavy atom. The second kappa shape index (κ2) is 4.51. The smallest absolute Gasteiger partial charge is 0.220 e. The van der Waals surface area contributed by atoms with Crippen LogP contribution in [0.1, 0.15) is 44.4 Å². The van der Waals surface area contributed by atoms with Gasteiger partial charge in [0.05, 0.1) is 5.69 Å². The summed E-state index contributed by atoms with van der Waals surface area (Å²) in [4.78, 5) is 11.4. The van der Waals surface area contributed by atoms with E-state index in [-0.39, 0.29) is 11.4 Å². The minimum atomic E-state index is -0.0377. The summed E-state index contributed by atoms with van der Waals surface area (Å²) in [5.74, 6) is 0.189. The summed E-state index contributed by atoms with van der Waals surface area (Å²) in [6, 6.07) is 0. The molecule has 0 bridgehead atoms. The lowest BCUT2D eigenvalue weighted by Gasteiger charge is -2.27. The topological polar surface area (TPSA) is 46.9 Å². The maximum absolute atomic E-state index is 11.4. The normalized spacial score (nSPS) is 24.1. The first-order chi connectivity index (χ1) is 8.08. The SMILES string of the molecule is CCc1nn(C)cc1CC1(CC)CCC(=O)N1. The fourth-order valence-electron chi connectivity index (χ4n) is 2.69. The first-order valence-corrected chi connectivity index (χ1v) is 6.41. The molecule has 0 aliphatic carbocycles. The zero-order chi connectivity index (χ0) is 12.5. The van der Waals surface area contributed by atoms with Crippen LogP contribution in [0.3, 0.4) is 0 Å². The lowest BCUT2D eigenvalue weighted by Crippen LogP contribution is -2.43. The van der Waals surface area contributed by atoms with Crippen molar-refractivity contribution in [2.24, 2.45) is 7.05 Å². The Balaban J connectivity index is 2.21. The molecule has 2 rings (SSSR count). The molecule has 17 heavy (non-hydrogen) atoms. The molecule has 94 valence electrons. The Morgan fingerprint density at radius 3 is 2.82 bits per heavy atom. The Kier molecular flexibility index (Phi) is 3.22. The van der Waals surface area contributed by atoms with Gasteiger partial charge in [-0.15, -0.1) is 0 Å². The third-order valence-corrected chi connectivity index (χ3v) is 3.77. The molecule has 1 fully saturated rings. The average Bonchev–Trinajstić information content (AvgIpc) is 2.83. The number of nitrogens with one attached hydrogen (secondary N) is 1. The number of amides is 1. The third kappa shape index (κ3) is 2.35. The van der Waals surface area contributed by atoms with Crippen LogP contribution in [0.25, 0.3) is 0 Å². The van der Waals surface area contributed by atoms with Gasteiger partial charge in [-0.1, -0.05) is 13.8 Å². The molecule has 1 aliphatic heterocycles. The van der Waals surface area contributed by atoms with E-state index < -0.39 is 0 Å². The van der Waals surface area contributed by atoms with Crippen molar-refractivity contribution >= 4 is 5.91 Å². The highest BCUT2D eigenvalue weighted by Gasteiger charge is 2.36. The van der Waals surface area contributed by atoms with Gasteiger partial charge >= 0.3 is 0 Å². The Bertz CT molecular complexity index is 424. The first-order valence-electron chi connectivity index (χ1n) is 6.41. The van der Waals surface area contributed by atoms with Crippen molar-refractivity contribution in [2.75, 3.05) is 0 Å². The molecule has 1 saturated heterocycles. The van der Waals surface area contributed by atoms with Gasteiger partial charge in [-0.05, 0) is 31.2 Å². The summed E-state index contributed by atoms with van der Waals surface area (Å²) in [7, 11) is 1.95. The molecule has 1 N–H and O–H groups in total. The minimum Gasteiger partial charge on any atom is -0.350 e. The van der Waals surface area contributed by atoms with Gasteiger partial charge in [-0.25, -0.2) is 0 Å². The Labute approximate surface area is 102 Å². The summed E-state index contributed by atoms with van der Waals surface area (Å²) in [6.07, 6.45) is 6.53. The molecule has 1 aromatic heterocycles. The maximum Gasteiger partial charge on any atom is 0.220 e. The maximum atomic E-state index is 11.4. The monoisotopic (exact) mass is 235 g/mol. The molecule has 0 saturated carbocycles. The van der Waals surface area contributed by atoms with E-state index in [4.69, 9.17) is 0 Å². The predicted octanol–water partition coefficient (Wildman–Crippen LogP) is 1.58. The summed E-state index contributed by atoms with van der Waals surface area (Å²) >= 11 is 0. The molecule has 1 unspecified atom stereocenters. The summed E-state index contributed by atoms with van der Waals surface area (Å²) < 4.78 is 1.87. The number of aryl methyl sites for hydroxylation is 2. The molecular formula is C13H21N3O. The number of aromatic nitrogens is 2. The molecule has 4 nitrogen and oxygen atoms in total. The summed E-state index contributed by atoms with van der Waals surface area (Å²) in [5.41, 5.74) is 2.39. The van der Waals surface area contributed by atoms with Crippen LogP contribution < -0.4 is 5.32 Å². The van der Waals surface area contributed by atoms with Crippen molar-refractivity contribution in [3.8, 4) is 0 Å². The Hall–Kier alpha value is -1.32. The second-order valence-corrected chi connectivity index (χ2v) is 4.99. The highest BCUT2D eigenvalue weighted by molar-refractivity contribution is 5.79. The third-order valence-electron chi connectivity index (χ3n) is 3.77. The van der Waals surface area contributed by atoms with Crippen LogP contribution >= 0.6 is 0 Å². The average molecular weight is 235 g/mol. The molecule has 4 heteroatoms. The van der Waals surface area contributed by atoms with Crippen molar-refractivity contribution in [2.45, 2.75) is 51.5 Å². The fourth-order valence-corrected chi connectivity index (χ4v) is 2.69. The molecule has 1 aliphatic rings. The minimum absolute atomic E-state index is 0.0377. The van der Waals surface area contributed by atoms with E-state index in [2.05, 4.69) is 30.5 Å². The largest absolute Gasteiger partial charge is 0.350 e. The van der Waals surface area contributed by atoms with Crippen LogP contribution in [0.5, 0.6) is 0 Å². The van der Waals surface area contributed by atoms with E-state index in [1.54, 1.807) is 0 Å². The molecule has 1 amide bonds. The number of nitrogens with zero attached hydrogens (tertiary/aromatic N) is 2. The molecule has 0 spiro atoms. The highest BCUT2D eigenvalue weighted by Crippen LogP contribution is 2.28. The number of rotatable bonds is 4. The van der Waals surface area contributed by atoms with E-state index in [9.17, 15) is 4.79 Å². The van der Waals surface area contributed by atoms with E-state index in [1.165, 1.54) is 5.56 Å². The number of hydrogen-bond donors (Lipinski definition) is 1. The Morgan fingerprint density at radius 1 is 1.53 bits per heavy atom.